The second-order valence-corrected chi connectivity index (χ2v) is 2.53. The maximum absolute atomic E-state index is 11.0. The largest absolute Gasteiger partial charge is 0.469 e. The second kappa shape index (κ2) is 3.10. The van der Waals surface area contributed by atoms with Gasteiger partial charge in [0, 0.05) is 0 Å². The Kier molecular flexibility index (Phi) is 2.32. The van der Waals surface area contributed by atoms with Gasteiger partial charge in [-0.3, -0.25) is 4.79 Å². The number of hydrogen-bond donors (Lipinski definition) is 0. The number of carbonyl (C=O) groups excluding carboxylic acids is 2. The van der Waals surface area contributed by atoms with Gasteiger partial charge in [0.05, 0.1) is 27.2 Å². The van der Waals surface area contributed by atoms with E-state index in [0.29, 0.717) is 0 Å². The van der Waals surface area contributed by atoms with E-state index in [2.05, 4.69) is 9.47 Å². The number of epoxide rings is 1. The van der Waals surface area contributed by atoms with Crippen molar-refractivity contribution in [3.63, 3.8) is 0 Å². The molecule has 0 spiro atoms. The minimum atomic E-state index is -1.05. The zero-order valence-corrected chi connectivity index (χ0v) is 6.96. The molecule has 1 aliphatic heterocycles. The Morgan fingerprint density at radius 3 is 2.33 bits per heavy atom. The Morgan fingerprint density at radius 2 is 2.00 bits per heavy atom. The average molecular weight is 174 g/mol. The Labute approximate surface area is 69.6 Å². The van der Waals surface area contributed by atoms with Crippen molar-refractivity contribution < 1.29 is 23.8 Å². The number of carbonyl (C=O) groups is 2. The first-order valence-corrected chi connectivity index (χ1v) is 3.44. The summed E-state index contributed by atoms with van der Waals surface area (Å²) in [6, 6.07) is 0. The van der Waals surface area contributed by atoms with Crippen LogP contribution >= 0.6 is 0 Å². The van der Waals surface area contributed by atoms with Gasteiger partial charge in [0.15, 0.2) is 5.60 Å². The zero-order chi connectivity index (χ0) is 9.19. The highest BCUT2D eigenvalue weighted by molar-refractivity contribution is 5.88. The molecule has 1 heterocycles. The number of methoxy groups -OCH3 is 2. The minimum Gasteiger partial charge on any atom is -0.469 e. The average Bonchev–Trinajstić information content (AvgIpc) is 2.84. The molecule has 0 N–H and O–H groups in total. The van der Waals surface area contributed by atoms with E-state index in [4.69, 9.17) is 4.74 Å². The first-order valence-electron chi connectivity index (χ1n) is 3.44. The quantitative estimate of drug-likeness (QED) is 0.426. The van der Waals surface area contributed by atoms with Crippen LogP contribution in [-0.4, -0.2) is 38.4 Å². The Hall–Kier alpha value is -1.10. The molecule has 0 aliphatic carbocycles. The van der Waals surface area contributed by atoms with Crippen LogP contribution in [0.5, 0.6) is 0 Å². The molecule has 0 aromatic rings. The molecule has 0 aromatic heterocycles. The van der Waals surface area contributed by atoms with Crippen LogP contribution in [0.2, 0.25) is 0 Å². The highest BCUT2D eigenvalue weighted by Crippen LogP contribution is 2.32. The summed E-state index contributed by atoms with van der Waals surface area (Å²) in [6.45, 7) is 0.231. The standard InChI is InChI=1S/C7H10O5/c1-10-5(8)3-7(4-12-7)6(9)11-2/h3-4H2,1-2H3. The molecule has 1 atom stereocenters. The fourth-order valence-corrected chi connectivity index (χ4v) is 0.871. The fraction of sp³-hybridized carbons (Fsp3) is 0.714. The van der Waals surface area contributed by atoms with Gasteiger partial charge in [-0.2, -0.15) is 0 Å². The highest BCUT2D eigenvalue weighted by Gasteiger charge is 2.55. The minimum absolute atomic E-state index is 0.0732. The van der Waals surface area contributed by atoms with Gasteiger partial charge in [-0.05, 0) is 0 Å². The highest BCUT2D eigenvalue weighted by atomic mass is 16.6. The molecule has 68 valence electrons. The first-order chi connectivity index (χ1) is 5.64. The number of ether oxygens (including phenoxy) is 3. The summed E-state index contributed by atoms with van der Waals surface area (Å²) in [4.78, 5) is 21.8. The topological polar surface area (TPSA) is 65.1 Å². The van der Waals surface area contributed by atoms with E-state index in [9.17, 15) is 9.59 Å². The Balaban J connectivity index is 2.50. The smallest absolute Gasteiger partial charge is 0.341 e. The SMILES string of the molecule is COC(=O)CC1(C(=O)OC)CO1. The number of rotatable bonds is 3. The lowest BCUT2D eigenvalue weighted by atomic mass is 10.1. The number of hydrogen-bond acceptors (Lipinski definition) is 5. The third-order valence-corrected chi connectivity index (χ3v) is 1.71. The summed E-state index contributed by atoms with van der Waals surface area (Å²) in [7, 11) is 2.51. The van der Waals surface area contributed by atoms with Gasteiger partial charge in [0.2, 0.25) is 0 Å². The first kappa shape index (κ1) is 8.99. The molecule has 12 heavy (non-hydrogen) atoms. The maximum atomic E-state index is 11.0. The van der Waals surface area contributed by atoms with Crippen LogP contribution in [0.1, 0.15) is 6.42 Å². The summed E-state index contributed by atoms with van der Waals surface area (Å²) in [5, 5.41) is 0. The summed E-state index contributed by atoms with van der Waals surface area (Å²) < 4.78 is 13.7. The van der Waals surface area contributed by atoms with E-state index in [1.165, 1.54) is 14.2 Å². The number of esters is 2. The van der Waals surface area contributed by atoms with Crippen molar-refractivity contribution in [3.05, 3.63) is 0 Å². The van der Waals surface area contributed by atoms with Gasteiger partial charge >= 0.3 is 11.9 Å². The van der Waals surface area contributed by atoms with Crippen molar-refractivity contribution in [3.8, 4) is 0 Å². The van der Waals surface area contributed by atoms with Crippen molar-refractivity contribution >= 4 is 11.9 Å². The van der Waals surface area contributed by atoms with Gasteiger partial charge in [0.25, 0.3) is 0 Å². The maximum Gasteiger partial charge on any atom is 0.341 e. The molecule has 1 saturated heterocycles. The normalized spacial score (nSPS) is 26.2. The van der Waals surface area contributed by atoms with Crippen molar-refractivity contribution in [1.29, 1.82) is 0 Å². The molecule has 0 bridgehead atoms. The lowest BCUT2D eigenvalue weighted by Crippen LogP contribution is -2.29. The van der Waals surface area contributed by atoms with E-state index in [-0.39, 0.29) is 13.0 Å². The van der Waals surface area contributed by atoms with E-state index < -0.39 is 17.5 Å². The molecule has 0 aromatic carbocycles. The van der Waals surface area contributed by atoms with Gasteiger partial charge in [-0.1, -0.05) is 0 Å². The predicted molar refractivity (Wildman–Crippen MR) is 37.3 cm³/mol. The van der Waals surface area contributed by atoms with Gasteiger partial charge in [-0.15, -0.1) is 0 Å². The molecule has 5 nitrogen and oxygen atoms in total. The molecule has 5 heteroatoms. The van der Waals surface area contributed by atoms with E-state index in [1.54, 1.807) is 0 Å². The van der Waals surface area contributed by atoms with Gasteiger partial charge in [-0.25, -0.2) is 4.79 Å². The van der Waals surface area contributed by atoms with E-state index in [0.717, 1.165) is 0 Å². The van der Waals surface area contributed by atoms with Crippen LogP contribution in [0.3, 0.4) is 0 Å². The second-order valence-electron chi connectivity index (χ2n) is 2.53. The molecule has 0 amide bonds. The van der Waals surface area contributed by atoms with Crippen LogP contribution in [0, 0.1) is 0 Å². The van der Waals surface area contributed by atoms with Crippen molar-refractivity contribution in [2.75, 3.05) is 20.8 Å². The lowest BCUT2D eigenvalue weighted by molar-refractivity contribution is -0.153. The van der Waals surface area contributed by atoms with Gasteiger partial charge < -0.3 is 14.2 Å². The molecule has 1 unspecified atom stereocenters. The molecular weight excluding hydrogens is 164 g/mol. The third kappa shape index (κ3) is 1.55. The predicted octanol–water partition coefficient (Wildman–Crippen LogP) is -0.509. The van der Waals surface area contributed by atoms with Crippen LogP contribution in [0.15, 0.2) is 0 Å². The summed E-state index contributed by atoms with van der Waals surface area (Å²) in [5.41, 5.74) is -1.05. The van der Waals surface area contributed by atoms with Crippen molar-refractivity contribution in [2.24, 2.45) is 0 Å². The summed E-state index contributed by atoms with van der Waals surface area (Å²) in [6.07, 6.45) is -0.0732. The van der Waals surface area contributed by atoms with Crippen LogP contribution in [0.4, 0.5) is 0 Å². The van der Waals surface area contributed by atoms with E-state index in [1.807, 2.05) is 0 Å². The molecule has 1 rings (SSSR count). The van der Waals surface area contributed by atoms with E-state index >= 15 is 0 Å². The molecule has 0 saturated carbocycles. The third-order valence-electron chi connectivity index (χ3n) is 1.71. The molecular formula is C7H10O5. The molecule has 1 fully saturated rings. The fourth-order valence-electron chi connectivity index (χ4n) is 0.871. The van der Waals surface area contributed by atoms with Crippen LogP contribution in [-0.2, 0) is 23.8 Å². The zero-order valence-electron chi connectivity index (χ0n) is 6.96. The molecule has 0 radical (unpaired) electrons. The Morgan fingerprint density at radius 1 is 1.42 bits per heavy atom. The van der Waals surface area contributed by atoms with Crippen molar-refractivity contribution in [1.82, 2.24) is 0 Å². The van der Waals surface area contributed by atoms with Crippen LogP contribution in [0.25, 0.3) is 0 Å². The molecule has 1 aliphatic rings. The monoisotopic (exact) mass is 174 g/mol. The van der Waals surface area contributed by atoms with Crippen LogP contribution < -0.4 is 0 Å². The van der Waals surface area contributed by atoms with Crippen molar-refractivity contribution in [2.45, 2.75) is 12.0 Å². The summed E-state index contributed by atoms with van der Waals surface area (Å²) in [5.74, 6) is -0.995. The Bertz CT molecular complexity index is 206. The van der Waals surface area contributed by atoms with Gasteiger partial charge in [0.1, 0.15) is 0 Å². The summed E-state index contributed by atoms with van der Waals surface area (Å²) >= 11 is 0. The lowest BCUT2D eigenvalue weighted by Gasteiger charge is -2.06.